The summed E-state index contributed by atoms with van der Waals surface area (Å²) in [6.07, 6.45) is 3.44. The van der Waals surface area contributed by atoms with Crippen molar-refractivity contribution in [3.8, 4) is 0 Å². The largest absolute Gasteiger partial charge is 0.300 e. The highest BCUT2D eigenvalue weighted by Gasteiger charge is 2.24. The van der Waals surface area contributed by atoms with E-state index in [1.54, 1.807) is 12.3 Å². The minimum absolute atomic E-state index is 0.129. The number of pyridine rings is 1. The normalized spacial score (nSPS) is 16.7. The Kier molecular flexibility index (Phi) is 4.81. The number of non-ortho nitro benzene ring substituents is 1. The first-order chi connectivity index (χ1) is 13.5. The number of aromatic nitrogens is 1. The first kappa shape index (κ1) is 18.1. The maximum atomic E-state index is 12.3. The highest BCUT2D eigenvalue weighted by atomic mass is 35.5. The maximum absolute atomic E-state index is 12.3. The van der Waals surface area contributed by atoms with Gasteiger partial charge in [0.05, 0.1) is 26.1 Å². The number of halogens is 1. The van der Waals surface area contributed by atoms with Gasteiger partial charge in [-0.2, -0.15) is 0 Å². The van der Waals surface area contributed by atoms with E-state index < -0.39 is 4.92 Å². The van der Waals surface area contributed by atoms with Gasteiger partial charge in [0, 0.05) is 29.3 Å². The van der Waals surface area contributed by atoms with E-state index in [0.29, 0.717) is 10.1 Å². The number of nitro benzene ring substituents is 1. The molecular formula is C19H11ClN4O3S. The Hall–Kier alpha value is -3.23. The van der Waals surface area contributed by atoms with Gasteiger partial charge in [0.2, 0.25) is 0 Å². The lowest BCUT2D eigenvalue weighted by atomic mass is 10.1. The zero-order valence-electron chi connectivity index (χ0n) is 14.1. The average Bonchev–Trinajstić information content (AvgIpc) is 3.02. The number of nitrogens with zero attached hydrogens (tertiary/aromatic N) is 3. The molecule has 0 radical (unpaired) electrons. The van der Waals surface area contributed by atoms with E-state index in [1.165, 1.54) is 18.2 Å². The summed E-state index contributed by atoms with van der Waals surface area (Å²) in [4.78, 5) is 31.8. The number of carbonyl (C=O) groups excluding carboxylic acids is 1. The standard InChI is InChI=1S/C19H11ClN4O3S/c20-14-7-6-13(24(26)27)10-15(14)22-19-23-18(25)16(28-19)9-12-4-1-3-11-5-2-8-21-17(11)12/h1-10H,(H,22,23,25). The molecule has 0 atom stereocenters. The van der Waals surface area contributed by atoms with Crippen LogP contribution in [0.5, 0.6) is 0 Å². The van der Waals surface area contributed by atoms with Crippen LogP contribution in [0.2, 0.25) is 5.02 Å². The number of para-hydroxylation sites is 1. The summed E-state index contributed by atoms with van der Waals surface area (Å²) in [6, 6.07) is 13.5. The summed E-state index contributed by atoms with van der Waals surface area (Å²) >= 11 is 7.21. The Bertz CT molecular complexity index is 1190. The van der Waals surface area contributed by atoms with Gasteiger partial charge in [-0.1, -0.05) is 35.9 Å². The van der Waals surface area contributed by atoms with Crippen LogP contribution in [0.3, 0.4) is 0 Å². The van der Waals surface area contributed by atoms with Crippen LogP contribution >= 0.6 is 23.4 Å². The van der Waals surface area contributed by atoms with Crippen LogP contribution in [0, 0.1) is 10.1 Å². The van der Waals surface area contributed by atoms with Crippen molar-refractivity contribution in [1.82, 2.24) is 10.3 Å². The molecule has 2 aromatic carbocycles. The van der Waals surface area contributed by atoms with E-state index in [4.69, 9.17) is 11.6 Å². The van der Waals surface area contributed by atoms with Gasteiger partial charge in [-0.15, -0.1) is 0 Å². The molecule has 1 amide bonds. The fraction of sp³-hybridized carbons (Fsp3) is 0. The van der Waals surface area contributed by atoms with Crippen LogP contribution in [0.4, 0.5) is 11.4 Å². The Labute approximate surface area is 168 Å². The van der Waals surface area contributed by atoms with E-state index in [0.717, 1.165) is 28.2 Å². The Morgan fingerprint density at radius 3 is 2.86 bits per heavy atom. The van der Waals surface area contributed by atoms with Gasteiger partial charge in [-0.25, -0.2) is 4.99 Å². The number of amides is 1. The van der Waals surface area contributed by atoms with Crippen molar-refractivity contribution >= 4 is 62.8 Å². The Balaban J connectivity index is 1.68. The summed E-state index contributed by atoms with van der Waals surface area (Å²) in [5, 5.41) is 15.1. The van der Waals surface area contributed by atoms with E-state index in [9.17, 15) is 14.9 Å². The zero-order chi connectivity index (χ0) is 19.7. The minimum Gasteiger partial charge on any atom is -0.300 e. The highest BCUT2D eigenvalue weighted by molar-refractivity contribution is 8.18. The number of nitrogens with one attached hydrogen (secondary N) is 1. The maximum Gasteiger partial charge on any atom is 0.271 e. The molecule has 3 aromatic rings. The van der Waals surface area contributed by atoms with Crippen molar-refractivity contribution < 1.29 is 9.72 Å². The van der Waals surface area contributed by atoms with Crippen molar-refractivity contribution in [1.29, 1.82) is 0 Å². The summed E-state index contributed by atoms with van der Waals surface area (Å²) in [5.74, 6) is -0.307. The van der Waals surface area contributed by atoms with Gasteiger partial charge < -0.3 is 5.32 Å². The number of carbonyl (C=O) groups is 1. The van der Waals surface area contributed by atoms with Crippen molar-refractivity contribution in [3.63, 3.8) is 0 Å². The molecule has 1 aliphatic heterocycles. The number of amidine groups is 1. The van der Waals surface area contributed by atoms with Crippen molar-refractivity contribution in [2.75, 3.05) is 0 Å². The SMILES string of the molecule is O=C1NC(=Nc2cc([N+](=O)[O-])ccc2Cl)SC1=Cc1cccc2cccnc12. The van der Waals surface area contributed by atoms with Gasteiger partial charge in [-0.05, 0) is 30.0 Å². The fourth-order valence-electron chi connectivity index (χ4n) is 2.68. The Morgan fingerprint density at radius 2 is 2.04 bits per heavy atom. The third-order valence-corrected chi connectivity index (χ3v) is 5.19. The van der Waals surface area contributed by atoms with Gasteiger partial charge >= 0.3 is 0 Å². The van der Waals surface area contributed by atoms with Crippen molar-refractivity contribution in [2.24, 2.45) is 4.99 Å². The fourth-order valence-corrected chi connectivity index (χ4v) is 3.66. The van der Waals surface area contributed by atoms with Gasteiger partial charge in [-0.3, -0.25) is 19.9 Å². The molecule has 2 heterocycles. The third-order valence-electron chi connectivity index (χ3n) is 3.96. The van der Waals surface area contributed by atoms with Crippen molar-refractivity contribution in [3.05, 3.63) is 80.3 Å². The predicted molar refractivity (Wildman–Crippen MR) is 111 cm³/mol. The molecular weight excluding hydrogens is 400 g/mol. The Morgan fingerprint density at radius 1 is 1.21 bits per heavy atom. The second kappa shape index (κ2) is 7.41. The molecule has 0 spiro atoms. The average molecular weight is 411 g/mol. The lowest BCUT2D eigenvalue weighted by Gasteiger charge is -2.01. The second-order valence-electron chi connectivity index (χ2n) is 5.80. The molecule has 1 fully saturated rings. The molecule has 28 heavy (non-hydrogen) atoms. The second-order valence-corrected chi connectivity index (χ2v) is 7.23. The molecule has 0 saturated carbocycles. The van der Waals surface area contributed by atoms with E-state index in [1.807, 2.05) is 30.3 Å². The summed E-state index contributed by atoms with van der Waals surface area (Å²) in [6.45, 7) is 0. The van der Waals surface area contributed by atoms with E-state index in [-0.39, 0.29) is 22.3 Å². The van der Waals surface area contributed by atoms with Crippen LogP contribution in [-0.4, -0.2) is 21.0 Å². The lowest BCUT2D eigenvalue weighted by Crippen LogP contribution is -2.19. The number of hydrogen-bond acceptors (Lipinski definition) is 6. The topological polar surface area (TPSA) is 97.5 Å². The monoisotopic (exact) mass is 410 g/mol. The van der Waals surface area contributed by atoms with Gasteiger partial charge in [0.1, 0.15) is 0 Å². The van der Waals surface area contributed by atoms with Gasteiger partial charge in [0.15, 0.2) is 5.17 Å². The van der Waals surface area contributed by atoms with E-state index in [2.05, 4.69) is 15.3 Å². The minimum atomic E-state index is -0.529. The first-order valence-electron chi connectivity index (χ1n) is 8.08. The molecule has 4 rings (SSSR count). The summed E-state index contributed by atoms with van der Waals surface area (Å²) < 4.78 is 0. The molecule has 0 aliphatic carbocycles. The van der Waals surface area contributed by atoms with Crippen LogP contribution in [0.1, 0.15) is 5.56 Å². The zero-order valence-corrected chi connectivity index (χ0v) is 15.7. The lowest BCUT2D eigenvalue weighted by molar-refractivity contribution is -0.384. The number of benzene rings is 2. The van der Waals surface area contributed by atoms with Crippen LogP contribution < -0.4 is 5.32 Å². The number of thioether (sulfide) groups is 1. The van der Waals surface area contributed by atoms with Crippen LogP contribution in [0.15, 0.2) is 64.6 Å². The first-order valence-corrected chi connectivity index (χ1v) is 9.28. The number of hydrogen-bond donors (Lipinski definition) is 1. The summed E-state index contributed by atoms with van der Waals surface area (Å²) in [5.41, 5.74) is 1.69. The molecule has 1 saturated heterocycles. The summed E-state index contributed by atoms with van der Waals surface area (Å²) in [7, 11) is 0. The molecule has 1 N–H and O–H groups in total. The quantitative estimate of drug-likeness (QED) is 0.384. The number of nitro groups is 1. The molecule has 1 aliphatic rings. The highest BCUT2D eigenvalue weighted by Crippen LogP contribution is 2.33. The molecule has 0 bridgehead atoms. The molecule has 9 heteroatoms. The smallest absolute Gasteiger partial charge is 0.271 e. The number of fused-ring (bicyclic) bond motifs is 1. The molecule has 1 aromatic heterocycles. The molecule has 0 unspecified atom stereocenters. The van der Waals surface area contributed by atoms with Crippen molar-refractivity contribution in [2.45, 2.75) is 0 Å². The van der Waals surface area contributed by atoms with E-state index >= 15 is 0 Å². The van der Waals surface area contributed by atoms with Crippen LogP contribution in [-0.2, 0) is 4.79 Å². The third kappa shape index (κ3) is 3.60. The number of rotatable bonds is 3. The molecule has 7 nitrogen and oxygen atoms in total. The van der Waals surface area contributed by atoms with Gasteiger partial charge in [0.25, 0.3) is 11.6 Å². The molecule has 138 valence electrons. The van der Waals surface area contributed by atoms with Crippen LogP contribution in [0.25, 0.3) is 17.0 Å². The predicted octanol–water partition coefficient (Wildman–Crippen LogP) is 4.69. The number of aliphatic imine (C=N–C) groups is 1.